The second-order valence-electron chi connectivity index (χ2n) is 6.07. The zero-order valence-corrected chi connectivity index (χ0v) is 13.9. The molecule has 1 saturated heterocycles. The molecule has 116 valence electrons. The zero-order chi connectivity index (χ0) is 15.2. The van der Waals surface area contributed by atoms with Gasteiger partial charge in [-0.3, -0.25) is 4.79 Å². The Morgan fingerprint density at radius 1 is 1.40 bits per heavy atom. The molecule has 20 heavy (non-hydrogen) atoms. The van der Waals surface area contributed by atoms with Crippen LogP contribution in [0.3, 0.4) is 0 Å². The summed E-state index contributed by atoms with van der Waals surface area (Å²) < 4.78 is 0. The maximum Gasteiger partial charge on any atom is 0.233 e. The maximum atomic E-state index is 12.6. The molecular formula is C15H29N3OS. The second-order valence-corrected chi connectivity index (χ2v) is 6.51. The summed E-state index contributed by atoms with van der Waals surface area (Å²) in [5.41, 5.74) is 5.26. The molecule has 0 aromatic rings. The number of nitrogens with two attached hydrogens (primary N) is 1. The van der Waals surface area contributed by atoms with Crippen LogP contribution in [0.2, 0.25) is 0 Å². The largest absolute Gasteiger partial charge is 0.392 e. The van der Waals surface area contributed by atoms with Crippen LogP contribution in [0.1, 0.15) is 46.0 Å². The summed E-state index contributed by atoms with van der Waals surface area (Å²) in [5.74, 6) is 0.583. The highest BCUT2D eigenvalue weighted by Crippen LogP contribution is 2.31. The van der Waals surface area contributed by atoms with Gasteiger partial charge in [0.2, 0.25) is 5.91 Å². The van der Waals surface area contributed by atoms with Crippen LogP contribution < -0.4 is 11.1 Å². The highest BCUT2D eigenvalue weighted by atomic mass is 32.1. The Morgan fingerprint density at radius 3 is 2.40 bits per heavy atom. The lowest BCUT2D eigenvalue weighted by Gasteiger charge is -2.31. The van der Waals surface area contributed by atoms with Gasteiger partial charge in [-0.05, 0) is 38.8 Å². The molecule has 4 nitrogen and oxygen atoms in total. The van der Waals surface area contributed by atoms with Crippen molar-refractivity contribution in [3.8, 4) is 0 Å². The van der Waals surface area contributed by atoms with Gasteiger partial charge in [0.25, 0.3) is 0 Å². The van der Waals surface area contributed by atoms with Gasteiger partial charge in [-0.1, -0.05) is 38.9 Å². The molecular weight excluding hydrogens is 270 g/mol. The fourth-order valence-corrected chi connectivity index (χ4v) is 3.46. The highest BCUT2D eigenvalue weighted by Gasteiger charge is 2.39. The van der Waals surface area contributed by atoms with Gasteiger partial charge in [-0.15, -0.1) is 0 Å². The lowest BCUT2D eigenvalue weighted by Crippen LogP contribution is -2.50. The van der Waals surface area contributed by atoms with Crippen LogP contribution in [0.25, 0.3) is 0 Å². The maximum absolute atomic E-state index is 12.6. The normalized spacial score (nSPS) is 20.1. The summed E-state index contributed by atoms with van der Waals surface area (Å²) in [5, 5.41) is 3.10. The number of thiocarbonyl (C=S) groups is 1. The van der Waals surface area contributed by atoms with E-state index in [0.717, 1.165) is 51.7 Å². The summed E-state index contributed by atoms with van der Waals surface area (Å²) >= 11 is 5.21. The molecule has 0 aliphatic carbocycles. The van der Waals surface area contributed by atoms with Gasteiger partial charge in [0.05, 0.1) is 10.4 Å². The van der Waals surface area contributed by atoms with Gasteiger partial charge in [0.15, 0.2) is 0 Å². The first kappa shape index (κ1) is 17.4. The standard InChI is InChI=1S/C15H29N3OS/c1-4-7-15(8-5-2,13(16)20)14(19)17-10-12-6-9-18(3)11-12/h12H,4-11H2,1-3H3,(H2,16,20)(H,17,19). The average Bonchev–Trinajstić information content (AvgIpc) is 2.81. The number of hydrogen-bond acceptors (Lipinski definition) is 3. The first-order valence-electron chi connectivity index (χ1n) is 7.73. The van der Waals surface area contributed by atoms with Crippen molar-refractivity contribution in [3.05, 3.63) is 0 Å². The minimum Gasteiger partial charge on any atom is -0.392 e. The van der Waals surface area contributed by atoms with Gasteiger partial charge >= 0.3 is 0 Å². The number of carbonyl (C=O) groups excluding carboxylic acids is 1. The zero-order valence-electron chi connectivity index (χ0n) is 13.1. The van der Waals surface area contributed by atoms with E-state index in [1.807, 2.05) is 0 Å². The van der Waals surface area contributed by atoms with Crippen molar-refractivity contribution < 1.29 is 4.79 Å². The lowest BCUT2D eigenvalue weighted by molar-refractivity contribution is -0.128. The van der Waals surface area contributed by atoms with Crippen LogP contribution in [-0.4, -0.2) is 42.5 Å². The van der Waals surface area contributed by atoms with Crippen LogP contribution in [0.5, 0.6) is 0 Å². The van der Waals surface area contributed by atoms with E-state index >= 15 is 0 Å². The SMILES string of the molecule is CCCC(CCC)(C(=O)NCC1CCN(C)C1)C(N)=S. The van der Waals surface area contributed by atoms with Crippen LogP contribution in [0.15, 0.2) is 0 Å². The van der Waals surface area contributed by atoms with E-state index in [-0.39, 0.29) is 5.91 Å². The average molecular weight is 299 g/mol. The summed E-state index contributed by atoms with van der Waals surface area (Å²) in [4.78, 5) is 15.3. The van der Waals surface area contributed by atoms with E-state index in [1.54, 1.807) is 0 Å². The van der Waals surface area contributed by atoms with Gasteiger partial charge < -0.3 is 16.0 Å². The molecule has 1 atom stereocenters. The van der Waals surface area contributed by atoms with Crippen LogP contribution in [-0.2, 0) is 4.79 Å². The monoisotopic (exact) mass is 299 g/mol. The molecule has 0 aromatic heterocycles. The quantitative estimate of drug-likeness (QED) is 0.672. The Balaban J connectivity index is 2.65. The third kappa shape index (κ3) is 4.16. The molecule has 1 heterocycles. The molecule has 0 saturated carbocycles. The van der Waals surface area contributed by atoms with E-state index < -0.39 is 5.41 Å². The molecule has 0 spiro atoms. The Bertz CT molecular complexity index is 340. The molecule has 0 bridgehead atoms. The summed E-state index contributed by atoms with van der Waals surface area (Å²) in [6, 6.07) is 0. The van der Waals surface area contributed by atoms with Crippen molar-refractivity contribution in [1.82, 2.24) is 10.2 Å². The third-order valence-corrected chi connectivity index (χ3v) is 4.69. The third-order valence-electron chi connectivity index (χ3n) is 4.30. The molecule has 1 rings (SSSR count). The fraction of sp³-hybridized carbons (Fsp3) is 0.867. The summed E-state index contributed by atoms with van der Waals surface area (Å²) in [6.07, 6.45) is 4.46. The van der Waals surface area contributed by atoms with E-state index in [1.165, 1.54) is 0 Å². The van der Waals surface area contributed by atoms with Crippen molar-refractivity contribution in [2.45, 2.75) is 46.0 Å². The number of likely N-dealkylation sites (tertiary alicyclic amines) is 1. The molecule has 1 unspecified atom stereocenters. The van der Waals surface area contributed by atoms with E-state index in [9.17, 15) is 4.79 Å². The Hall–Kier alpha value is -0.680. The molecule has 1 aliphatic heterocycles. The van der Waals surface area contributed by atoms with E-state index in [4.69, 9.17) is 18.0 Å². The number of nitrogens with zero attached hydrogens (tertiary/aromatic N) is 1. The molecule has 0 radical (unpaired) electrons. The summed E-state index contributed by atoms with van der Waals surface area (Å²) in [6.45, 7) is 7.05. The Morgan fingerprint density at radius 2 is 2.00 bits per heavy atom. The van der Waals surface area contributed by atoms with Crippen LogP contribution in [0.4, 0.5) is 0 Å². The van der Waals surface area contributed by atoms with E-state index in [0.29, 0.717) is 10.9 Å². The lowest BCUT2D eigenvalue weighted by atomic mass is 9.78. The molecule has 1 fully saturated rings. The molecule has 1 amide bonds. The molecule has 5 heteroatoms. The van der Waals surface area contributed by atoms with Gasteiger partial charge in [-0.25, -0.2) is 0 Å². The molecule has 3 N–H and O–H groups in total. The first-order chi connectivity index (χ1) is 9.46. The number of nitrogens with one attached hydrogen (secondary N) is 1. The number of rotatable bonds is 8. The predicted molar refractivity (Wildman–Crippen MR) is 87.6 cm³/mol. The van der Waals surface area contributed by atoms with Crippen LogP contribution >= 0.6 is 12.2 Å². The number of carbonyl (C=O) groups is 1. The van der Waals surface area contributed by atoms with Gasteiger partial charge in [0, 0.05) is 13.1 Å². The number of amides is 1. The first-order valence-corrected chi connectivity index (χ1v) is 8.13. The molecule has 0 aromatic carbocycles. The van der Waals surface area contributed by atoms with Crippen molar-refractivity contribution >= 4 is 23.1 Å². The Kier molecular flexibility index (Phi) is 6.89. The van der Waals surface area contributed by atoms with Gasteiger partial charge in [0.1, 0.15) is 0 Å². The van der Waals surface area contributed by atoms with Crippen molar-refractivity contribution in [2.24, 2.45) is 17.1 Å². The topological polar surface area (TPSA) is 58.4 Å². The highest BCUT2D eigenvalue weighted by molar-refractivity contribution is 7.80. The van der Waals surface area contributed by atoms with Crippen LogP contribution in [0, 0.1) is 11.3 Å². The fourth-order valence-electron chi connectivity index (χ4n) is 3.16. The smallest absolute Gasteiger partial charge is 0.233 e. The van der Waals surface area contributed by atoms with Gasteiger partial charge in [-0.2, -0.15) is 0 Å². The minimum absolute atomic E-state index is 0.0308. The summed E-state index contributed by atoms with van der Waals surface area (Å²) in [7, 11) is 2.12. The Labute approximate surface area is 128 Å². The number of hydrogen-bond donors (Lipinski definition) is 2. The van der Waals surface area contributed by atoms with Crippen molar-refractivity contribution in [3.63, 3.8) is 0 Å². The molecule has 1 aliphatic rings. The van der Waals surface area contributed by atoms with Crippen molar-refractivity contribution in [2.75, 3.05) is 26.7 Å². The van der Waals surface area contributed by atoms with Crippen molar-refractivity contribution in [1.29, 1.82) is 0 Å². The minimum atomic E-state index is -0.649. The second kappa shape index (κ2) is 7.93. The predicted octanol–water partition coefficient (Wildman–Crippen LogP) is 1.93. The van der Waals surface area contributed by atoms with E-state index in [2.05, 4.69) is 31.1 Å².